The Hall–Kier alpha value is -3.17. The molecule has 2 aliphatic rings. The third-order valence-electron chi connectivity index (χ3n) is 6.38. The summed E-state index contributed by atoms with van der Waals surface area (Å²) in [4.78, 5) is 30.4. The number of benzene rings is 2. The van der Waals surface area contributed by atoms with E-state index in [4.69, 9.17) is 0 Å². The number of amides is 1. The van der Waals surface area contributed by atoms with Crippen molar-refractivity contribution in [3.8, 4) is 5.75 Å². The van der Waals surface area contributed by atoms with E-state index >= 15 is 0 Å². The van der Waals surface area contributed by atoms with Crippen LogP contribution in [0.5, 0.6) is 5.75 Å². The highest BCUT2D eigenvalue weighted by Gasteiger charge is 2.34. The Morgan fingerprint density at radius 2 is 1.97 bits per heavy atom. The molecule has 3 aromatic rings. The first kappa shape index (κ1) is 22.6. The number of fused-ring (bicyclic) bond motifs is 2. The maximum atomic E-state index is 14.8. The molecule has 34 heavy (non-hydrogen) atoms. The topological polar surface area (TPSA) is 85.4 Å². The highest BCUT2D eigenvalue weighted by molar-refractivity contribution is 7.98. The molecule has 0 unspecified atom stereocenters. The van der Waals surface area contributed by atoms with Crippen LogP contribution in [-0.2, 0) is 5.75 Å². The van der Waals surface area contributed by atoms with E-state index in [-0.39, 0.29) is 5.69 Å². The first-order chi connectivity index (χ1) is 16.4. The van der Waals surface area contributed by atoms with Gasteiger partial charge in [0.15, 0.2) is 11.4 Å². The van der Waals surface area contributed by atoms with Crippen LogP contribution in [0.25, 0.3) is 0 Å². The Balaban J connectivity index is 1.55. The number of aromatic hydroxyl groups is 1. The van der Waals surface area contributed by atoms with Crippen molar-refractivity contribution in [2.75, 3.05) is 6.54 Å². The van der Waals surface area contributed by atoms with Gasteiger partial charge in [0.05, 0.1) is 12.2 Å². The second-order valence-corrected chi connectivity index (χ2v) is 9.47. The number of H-pyrrole nitrogens is 1. The van der Waals surface area contributed by atoms with Crippen molar-refractivity contribution < 1.29 is 18.7 Å². The molecule has 0 bridgehead atoms. The molecule has 2 aliphatic heterocycles. The lowest BCUT2D eigenvalue weighted by molar-refractivity contribution is 0.0538. The lowest BCUT2D eigenvalue weighted by Crippen LogP contribution is -2.52. The van der Waals surface area contributed by atoms with Crippen LogP contribution < -0.4 is 10.7 Å². The Morgan fingerprint density at radius 1 is 1.15 bits per heavy atom. The van der Waals surface area contributed by atoms with Gasteiger partial charge >= 0.3 is 0 Å². The molecule has 0 saturated carbocycles. The summed E-state index contributed by atoms with van der Waals surface area (Å²) in [6, 6.07) is 10.5. The SMILES string of the molecule is O=C(c1[nH]ccc(=O)c1O)N1CCCC[C@H]1N[C@@H]1c2ccccc2SCc2c(F)cc(F)cc21. The summed E-state index contributed by atoms with van der Waals surface area (Å²) >= 11 is 1.49. The van der Waals surface area contributed by atoms with Crippen LogP contribution in [0.3, 0.4) is 0 Å². The number of likely N-dealkylation sites (tertiary alicyclic amines) is 1. The van der Waals surface area contributed by atoms with Gasteiger partial charge in [0.2, 0.25) is 5.43 Å². The van der Waals surface area contributed by atoms with Gasteiger partial charge in [0, 0.05) is 41.1 Å². The zero-order valence-electron chi connectivity index (χ0n) is 18.2. The van der Waals surface area contributed by atoms with Crippen molar-refractivity contribution in [1.82, 2.24) is 15.2 Å². The number of hydrogen-bond donors (Lipinski definition) is 3. The Bertz CT molecular complexity index is 1310. The quantitative estimate of drug-likeness (QED) is 0.517. The number of hydrogen-bond acceptors (Lipinski definition) is 5. The van der Waals surface area contributed by atoms with Crippen LogP contribution in [0.4, 0.5) is 8.78 Å². The lowest BCUT2D eigenvalue weighted by Gasteiger charge is -2.39. The predicted octanol–water partition coefficient (Wildman–Crippen LogP) is 4.30. The molecule has 3 heterocycles. The van der Waals surface area contributed by atoms with Crippen LogP contribution in [0.1, 0.15) is 52.5 Å². The number of carbonyl (C=O) groups excluding carboxylic acids is 1. The first-order valence-corrected chi connectivity index (χ1v) is 12.1. The van der Waals surface area contributed by atoms with E-state index < -0.39 is 40.9 Å². The van der Waals surface area contributed by atoms with E-state index in [0.29, 0.717) is 29.8 Å². The fourth-order valence-corrected chi connectivity index (χ4v) is 5.83. The van der Waals surface area contributed by atoms with Crippen LogP contribution in [0.2, 0.25) is 0 Å². The molecule has 2 aromatic carbocycles. The van der Waals surface area contributed by atoms with Crippen molar-refractivity contribution in [3.05, 3.63) is 92.9 Å². The molecule has 1 aromatic heterocycles. The van der Waals surface area contributed by atoms with Crippen molar-refractivity contribution >= 4 is 17.7 Å². The van der Waals surface area contributed by atoms with Crippen LogP contribution in [0, 0.1) is 11.6 Å². The third-order valence-corrected chi connectivity index (χ3v) is 7.49. The molecular weight excluding hydrogens is 460 g/mol. The highest BCUT2D eigenvalue weighted by atomic mass is 32.2. The minimum absolute atomic E-state index is 0.171. The normalized spacial score (nSPS) is 19.8. The van der Waals surface area contributed by atoms with Crippen molar-refractivity contribution in [2.45, 2.75) is 42.1 Å². The Labute approximate surface area is 199 Å². The van der Waals surface area contributed by atoms with Crippen molar-refractivity contribution in [2.24, 2.45) is 0 Å². The number of thioether (sulfide) groups is 1. The molecule has 0 radical (unpaired) electrons. The van der Waals surface area contributed by atoms with Crippen LogP contribution >= 0.6 is 11.8 Å². The number of aromatic nitrogens is 1. The summed E-state index contributed by atoms with van der Waals surface area (Å²) in [5, 5.41) is 13.7. The predicted molar refractivity (Wildman–Crippen MR) is 125 cm³/mol. The van der Waals surface area contributed by atoms with E-state index in [1.54, 1.807) is 4.90 Å². The lowest BCUT2D eigenvalue weighted by atomic mass is 9.93. The van der Waals surface area contributed by atoms with Gasteiger partial charge in [-0.1, -0.05) is 18.2 Å². The molecular formula is C25H23F2N3O3S. The van der Waals surface area contributed by atoms with Crippen LogP contribution in [-0.4, -0.2) is 33.6 Å². The fourth-order valence-electron chi connectivity index (χ4n) is 4.70. The number of piperidine rings is 1. The van der Waals surface area contributed by atoms with E-state index in [1.807, 2.05) is 24.3 Å². The van der Waals surface area contributed by atoms with E-state index in [9.17, 15) is 23.5 Å². The van der Waals surface area contributed by atoms with Crippen molar-refractivity contribution in [1.29, 1.82) is 0 Å². The second-order valence-electron chi connectivity index (χ2n) is 8.46. The highest BCUT2D eigenvalue weighted by Crippen LogP contribution is 2.41. The summed E-state index contributed by atoms with van der Waals surface area (Å²) < 4.78 is 29.1. The molecule has 9 heteroatoms. The summed E-state index contributed by atoms with van der Waals surface area (Å²) in [6.07, 6.45) is 3.08. The largest absolute Gasteiger partial charge is 0.503 e. The zero-order valence-corrected chi connectivity index (χ0v) is 19.0. The average molecular weight is 484 g/mol. The number of pyridine rings is 1. The number of nitrogens with zero attached hydrogens (tertiary/aromatic N) is 1. The minimum Gasteiger partial charge on any atom is -0.503 e. The molecule has 3 N–H and O–H groups in total. The fraction of sp³-hybridized carbons (Fsp3) is 0.280. The second kappa shape index (κ2) is 9.23. The molecule has 6 nitrogen and oxygen atoms in total. The van der Waals surface area contributed by atoms with Gasteiger partial charge < -0.3 is 15.0 Å². The minimum atomic E-state index is -0.657. The third kappa shape index (κ3) is 4.10. The van der Waals surface area contributed by atoms with Gasteiger partial charge in [-0.15, -0.1) is 11.8 Å². The number of aromatic amines is 1. The number of carbonyl (C=O) groups is 1. The monoisotopic (exact) mass is 483 g/mol. The molecule has 0 aliphatic carbocycles. The summed E-state index contributed by atoms with van der Waals surface area (Å²) in [5.74, 6) is -2.01. The van der Waals surface area contributed by atoms with Gasteiger partial charge in [0.25, 0.3) is 5.91 Å². The molecule has 5 rings (SSSR count). The molecule has 1 fully saturated rings. The number of rotatable bonds is 3. The maximum Gasteiger partial charge on any atom is 0.275 e. The van der Waals surface area contributed by atoms with Gasteiger partial charge in [-0.2, -0.15) is 0 Å². The van der Waals surface area contributed by atoms with Gasteiger partial charge in [-0.3, -0.25) is 14.9 Å². The molecule has 176 valence electrons. The van der Waals surface area contributed by atoms with Gasteiger partial charge in [-0.05, 0) is 42.5 Å². The molecule has 1 amide bonds. The number of nitrogens with one attached hydrogen (secondary N) is 2. The smallest absolute Gasteiger partial charge is 0.275 e. The van der Waals surface area contributed by atoms with E-state index in [2.05, 4.69) is 10.3 Å². The van der Waals surface area contributed by atoms with Gasteiger partial charge in [0.1, 0.15) is 11.6 Å². The van der Waals surface area contributed by atoms with Crippen LogP contribution in [0.15, 0.2) is 58.4 Å². The molecule has 1 saturated heterocycles. The summed E-state index contributed by atoms with van der Waals surface area (Å²) in [7, 11) is 0. The molecule has 2 atom stereocenters. The van der Waals surface area contributed by atoms with Crippen molar-refractivity contribution in [3.63, 3.8) is 0 Å². The zero-order chi connectivity index (χ0) is 23.8. The van der Waals surface area contributed by atoms with Gasteiger partial charge in [-0.25, -0.2) is 8.78 Å². The number of halogens is 2. The summed E-state index contributed by atoms with van der Waals surface area (Å²) in [6.45, 7) is 0.417. The Morgan fingerprint density at radius 3 is 2.82 bits per heavy atom. The van der Waals surface area contributed by atoms with E-state index in [1.165, 1.54) is 24.0 Å². The van der Waals surface area contributed by atoms with E-state index in [0.717, 1.165) is 35.4 Å². The maximum absolute atomic E-state index is 14.8. The standard InChI is InChI=1S/C25H23F2N3O3S/c26-14-11-16-17(18(27)12-14)13-34-20-6-2-1-5-15(20)22(16)29-21-7-3-4-10-30(21)25(33)23-24(32)19(31)8-9-28-23/h1-2,5-6,8-9,11-12,21-22,29,32H,3-4,7,10,13H2,(H,28,31)/t21-,22+/m0/s1. The first-order valence-electron chi connectivity index (χ1n) is 11.1. The molecule has 0 spiro atoms. The average Bonchev–Trinajstić information content (AvgIpc) is 2.98. The Kier molecular flexibility index (Phi) is 6.14. The summed E-state index contributed by atoms with van der Waals surface area (Å²) in [5.41, 5.74) is 1.00.